The number of pyridine rings is 1. The molecule has 0 unspecified atom stereocenters. The molecule has 2 aromatic carbocycles. The van der Waals surface area contributed by atoms with Gasteiger partial charge in [-0.15, -0.1) is 0 Å². The van der Waals surface area contributed by atoms with E-state index in [1.54, 1.807) is 30.3 Å². The number of benzene rings is 2. The van der Waals surface area contributed by atoms with Gasteiger partial charge in [-0.25, -0.2) is 13.8 Å². The van der Waals surface area contributed by atoms with Crippen LogP contribution < -0.4 is 20.1 Å². The zero-order valence-electron chi connectivity index (χ0n) is 15.1. The maximum absolute atomic E-state index is 13.3. The van der Waals surface area contributed by atoms with Crippen LogP contribution in [-0.2, 0) is 0 Å². The smallest absolute Gasteiger partial charge is 0.257 e. The predicted octanol–water partition coefficient (Wildman–Crippen LogP) is 4.37. The van der Waals surface area contributed by atoms with Crippen molar-refractivity contribution in [3.63, 3.8) is 0 Å². The first-order valence-corrected chi connectivity index (χ1v) is 8.21. The molecule has 144 valence electrons. The Morgan fingerprint density at radius 3 is 2.43 bits per heavy atom. The molecule has 6 nitrogen and oxygen atoms in total. The molecule has 0 saturated heterocycles. The summed E-state index contributed by atoms with van der Waals surface area (Å²) in [7, 11) is 3.03. The number of nitrogens with zero attached hydrogens (tertiary/aromatic N) is 1. The summed E-state index contributed by atoms with van der Waals surface area (Å²) in [6, 6.07) is 11.6. The van der Waals surface area contributed by atoms with Gasteiger partial charge in [0.2, 0.25) is 0 Å². The monoisotopic (exact) mass is 385 g/mol. The SMILES string of the molecule is COc1ccc(NC(=O)c2ccc(Nc3ccc(F)c(F)c3)nc2)c(OC)c1. The number of rotatable bonds is 6. The van der Waals surface area contributed by atoms with E-state index < -0.39 is 11.6 Å². The van der Waals surface area contributed by atoms with Crippen LogP contribution in [0.2, 0.25) is 0 Å². The molecule has 0 aliphatic carbocycles. The fourth-order valence-electron chi connectivity index (χ4n) is 2.42. The van der Waals surface area contributed by atoms with Gasteiger partial charge in [0.1, 0.15) is 17.3 Å². The van der Waals surface area contributed by atoms with Gasteiger partial charge in [-0.05, 0) is 36.4 Å². The van der Waals surface area contributed by atoms with Gasteiger partial charge in [0.15, 0.2) is 11.6 Å². The number of carbonyl (C=O) groups is 1. The van der Waals surface area contributed by atoms with Crippen molar-refractivity contribution < 1.29 is 23.0 Å². The van der Waals surface area contributed by atoms with Crippen LogP contribution >= 0.6 is 0 Å². The second kappa shape index (κ2) is 8.34. The summed E-state index contributed by atoms with van der Waals surface area (Å²) in [4.78, 5) is 16.6. The quantitative estimate of drug-likeness (QED) is 0.659. The molecular formula is C20H17F2N3O3. The van der Waals surface area contributed by atoms with E-state index in [1.807, 2.05) is 0 Å². The Hall–Kier alpha value is -3.68. The largest absolute Gasteiger partial charge is 0.497 e. The summed E-state index contributed by atoms with van der Waals surface area (Å²) < 4.78 is 36.6. The average Bonchev–Trinajstić information content (AvgIpc) is 2.71. The normalized spacial score (nSPS) is 10.3. The van der Waals surface area contributed by atoms with Crippen LogP contribution in [-0.4, -0.2) is 25.1 Å². The van der Waals surface area contributed by atoms with Gasteiger partial charge in [-0.1, -0.05) is 0 Å². The van der Waals surface area contributed by atoms with Gasteiger partial charge in [0.05, 0.1) is 25.5 Å². The molecule has 0 saturated carbocycles. The fraction of sp³-hybridized carbons (Fsp3) is 0.100. The van der Waals surface area contributed by atoms with Gasteiger partial charge in [0.25, 0.3) is 5.91 Å². The summed E-state index contributed by atoms with van der Waals surface area (Å²) in [5, 5.41) is 5.58. The molecule has 0 atom stereocenters. The van der Waals surface area contributed by atoms with E-state index in [4.69, 9.17) is 9.47 Å². The number of halogens is 2. The average molecular weight is 385 g/mol. The molecule has 0 radical (unpaired) electrons. The summed E-state index contributed by atoms with van der Waals surface area (Å²) in [5.74, 6) is -0.838. The molecule has 2 N–H and O–H groups in total. The first kappa shape index (κ1) is 19.1. The molecule has 0 bridgehead atoms. The highest BCUT2D eigenvalue weighted by atomic mass is 19.2. The van der Waals surface area contributed by atoms with Crippen LogP contribution in [0.4, 0.5) is 26.0 Å². The van der Waals surface area contributed by atoms with Gasteiger partial charge < -0.3 is 20.1 Å². The van der Waals surface area contributed by atoms with Gasteiger partial charge in [0, 0.05) is 24.0 Å². The fourth-order valence-corrected chi connectivity index (χ4v) is 2.42. The lowest BCUT2D eigenvalue weighted by atomic mass is 10.2. The molecule has 3 aromatic rings. The zero-order chi connectivity index (χ0) is 20.1. The van der Waals surface area contributed by atoms with Crippen molar-refractivity contribution in [2.75, 3.05) is 24.9 Å². The van der Waals surface area contributed by atoms with E-state index >= 15 is 0 Å². The molecule has 0 aliphatic rings. The van der Waals surface area contributed by atoms with Crippen molar-refractivity contribution in [1.29, 1.82) is 0 Å². The Morgan fingerprint density at radius 2 is 1.79 bits per heavy atom. The molecule has 3 rings (SSSR count). The number of hydrogen-bond acceptors (Lipinski definition) is 5. The molecular weight excluding hydrogens is 368 g/mol. The van der Waals surface area contributed by atoms with Crippen LogP contribution in [0.5, 0.6) is 11.5 Å². The number of aromatic nitrogens is 1. The molecule has 1 amide bonds. The standard InChI is InChI=1S/C20H17F2N3O3/c1-27-14-5-7-17(18(10-14)28-2)25-20(26)12-3-8-19(23-11-12)24-13-4-6-15(21)16(22)9-13/h3-11H,1-2H3,(H,23,24)(H,25,26). The second-order valence-corrected chi connectivity index (χ2v) is 5.71. The Balaban J connectivity index is 1.70. The number of amides is 1. The highest BCUT2D eigenvalue weighted by molar-refractivity contribution is 6.05. The maximum atomic E-state index is 13.3. The first-order chi connectivity index (χ1) is 13.5. The van der Waals surface area contributed by atoms with Crippen molar-refractivity contribution >= 4 is 23.1 Å². The van der Waals surface area contributed by atoms with Crippen molar-refractivity contribution in [2.45, 2.75) is 0 Å². The van der Waals surface area contributed by atoms with Gasteiger partial charge in [-0.3, -0.25) is 4.79 Å². The Kier molecular flexibility index (Phi) is 5.69. The molecule has 1 heterocycles. The van der Waals surface area contributed by atoms with Crippen molar-refractivity contribution in [2.24, 2.45) is 0 Å². The molecule has 0 spiro atoms. The van der Waals surface area contributed by atoms with E-state index in [0.717, 1.165) is 12.1 Å². The van der Waals surface area contributed by atoms with Crippen molar-refractivity contribution in [3.05, 3.63) is 71.9 Å². The zero-order valence-corrected chi connectivity index (χ0v) is 15.1. The minimum absolute atomic E-state index is 0.314. The number of methoxy groups -OCH3 is 2. The van der Waals surface area contributed by atoms with Gasteiger partial charge in [-0.2, -0.15) is 0 Å². The molecule has 0 fully saturated rings. The third kappa shape index (κ3) is 4.35. The van der Waals surface area contributed by atoms with E-state index in [2.05, 4.69) is 15.6 Å². The second-order valence-electron chi connectivity index (χ2n) is 5.71. The highest BCUT2D eigenvalue weighted by Gasteiger charge is 2.12. The molecule has 1 aromatic heterocycles. The first-order valence-electron chi connectivity index (χ1n) is 8.21. The van der Waals surface area contributed by atoms with E-state index in [0.29, 0.717) is 34.3 Å². The van der Waals surface area contributed by atoms with E-state index in [9.17, 15) is 13.6 Å². The van der Waals surface area contributed by atoms with Crippen LogP contribution in [0.15, 0.2) is 54.7 Å². The number of anilines is 3. The van der Waals surface area contributed by atoms with Crippen LogP contribution in [0, 0.1) is 11.6 Å². The lowest BCUT2D eigenvalue weighted by Crippen LogP contribution is -2.13. The molecule has 0 aliphatic heterocycles. The Morgan fingerprint density at radius 1 is 0.964 bits per heavy atom. The number of hydrogen-bond donors (Lipinski definition) is 2. The summed E-state index contributed by atoms with van der Waals surface area (Å²) >= 11 is 0. The number of nitrogens with one attached hydrogen (secondary N) is 2. The van der Waals surface area contributed by atoms with Crippen molar-refractivity contribution in [3.8, 4) is 11.5 Å². The molecule has 8 heteroatoms. The minimum Gasteiger partial charge on any atom is -0.497 e. The third-order valence-corrected chi connectivity index (χ3v) is 3.87. The van der Waals surface area contributed by atoms with E-state index in [1.165, 1.54) is 26.5 Å². The lowest BCUT2D eigenvalue weighted by Gasteiger charge is -2.12. The predicted molar refractivity (Wildman–Crippen MR) is 101 cm³/mol. The minimum atomic E-state index is -0.963. The van der Waals surface area contributed by atoms with Crippen LogP contribution in [0.25, 0.3) is 0 Å². The summed E-state index contributed by atoms with van der Waals surface area (Å²) in [6.07, 6.45) is 1.37. The van der Waals surface area contributed by atoms with Crippen LogP contribution in [0.1, 0.15) is 10.4 Å². The lowest BCUT2D eigenvalue weighted by molar-refractivity contribution is 0.102. The maximum Gasteiger partial charge on any atom is 0.257 e. The number of ether oxygens (including phenoxy) is 2. The van der Waals surface area contributed by atoms with Crippen molar-refractivity contribution in [1.82, 2.24) is 4.98 Å². The topological polar surface area (TPSA) is 72.5 Å². The highest BCUT2D eigenvalue weighted by Crippen LogP contribution is 2.29. The number of carbonyl (C=O) groups excluding carboxylic acids is 1. The summed E-state index contributed by atoms with van der Waals surface area (Å²) in [5.41, 5.74) is 1.14. The van der Waals surface area contributed by atoms with Gasteiger partial charge >= 0.3 is 0 Å². The Bertz CT molecular complexity index is 994. The third-order valence-electron chi connectivity index (χ3n) is 3.87. The van der Waals surface area contributed by atoms with E-state index in [-0.39, 0.29) is 5.91 Å². The summed E-state index contributed by atoms with van der Waals surface area (Å²) in [6.45, 7) is 0. The Labute approximate surface area is 160 Å². The van der Waals surface area contributed by atoms with Crippen LogP contribution in [0.3, 0.4) is 0 Å². The molecule has 28 heavy (non-hydrogen) atoms.